The Labute approximate surface area is 114 Å². The summed E-state index contributed by atoms with van der Waals surface area (Å²) in [5.41, 5.74) is 1.81. The maximum absolute atomic E-state index is 13.9. The van der Waals surface area contributed by atoms with Crippen molar-refractivity contribution in [2.45, 2.75) is 12.5 Å². The molecule has 0 aliphatic rings. The van der Waals surface area contributed by atoms with Crippen LogP contribution in [0.2, 0.25) is 0 Å². The second-order valence-electron chi connectivity index (χ2n) is 4.07. The fourth-order valence-corrected chi connectivity index (χ4v) is 2.24. The van der Waals surface area contributed by atoms with Crippen LogP contribution >= 0.6 is 15.9 Å². The number of nitrogens with one attached hydrogen (secondary N) is 1. The van der Waals surface area contributed by atoms with Crippen LogP contribution in [0.3, 0.4) is 0 Å². The molecule has 4 heteroatoms. The third-order valence-corrected chi connectivity index (χ3v) is 3.37. The maximum Gasteiger partial charge on any atom is 0.129 e. The fraction of sp³-hybridized carbons (Fsp3) is 0.214. The quantitative estimate of drug-likeness (QED) is 0.935. The van der Waals surface area contributed by atoms with E-state index in [9.17, 15) is 4.39 Å². The number of aromatic nitrogens is 1. The molecule has 1 unspecified atom stereocenters. The SMILES string of the molecule is CNC(Cc1ccncc1)c1ccc(Br)cc1F. The van der Waals surface area contributed by atoms with Gasteiger partial charge in [-0.05, 0) is 43.3 Å². The Balaban J connectivity index is 2.23. The normalized spacial score (nSPS) is 12.4. The minimum atomic E-state index is -0.196. The van der Waals surface area contributed by atoms with E-state index in [2.05, 4.69) is 26.2 Å². The third kappa shape index (κ3) is 3.15. The number of hydrogen-bond donors (Lipinski definition) is 1. The van der Waals surface area contributed by atoms with Crippen molar-refractivity contribution < 1.29 is 4.39 Å². The van der Waals surface area contributed by atoms with Gasteiger partial charge in [0.1, 0.15) is 5.82 Å². The second-order valence-corrected chi connectivity index (χ2v) is 4.98. The molecule has 1 N–H and O–H groups in total. The highest BCUT2D eigenvalue weighted by molar-refractivity contribution is 9.10. The van der Waals surface area contributed by atoms with Crippen molar-refractivity contribution in [3.63, 3.8) is 0 Å². The molecule has 1 heterocycles. The maximum atomic E-state index is 13.9. The van der Waals surface area contributed by atoms with Crippen LogP contribution in [0.5, 0.6) is 0 Å². The molecule has 0 fully saturated rings. The molecule has 0 aliphatic heterocycles. The summed E-state index contributed by atoms with van der Waals surface area (Å²) < 4.78 is 14.7. The summed E-state index contributed by atoms with van der Waals surface area (Å²) in [5, 5.41) is 3.15. The van der Waals surface area contributed by atoms with Crippen molar-refractivity contribution in [3.8, 4) is 0 Å². The van der Waals surface area contributed by atoms with Gasteiger partial charge >= 0.3 is 0 Å². The molecule has 2 rings (SSSR count). The highest BCUT2D eigenvalue weighted by atomic mass is 79.9. The van der Waals surface area contributed by atoms with E-state index in [1.54, 1.807) is 12.4 Å². The Morgan fingerprint density at radius 2 is 2.00 bits per heavy atom. The molecule has 0 spiro atoms. The van der Waals surface area contributed by atoms with Gasteiger partial charge in [0.15, 0.2) is 0 Å². The first-order chi connectivity index (χ1) is 8.70. The molecule has 2 aromatic rings. The van der Waals surface area contributed by atoms with E-state index in [4.69, 9.17) is 0 Å². The Hall–Kier alpha value is -1.26. The summed E-state index contributed by atoms with van der Waals surface area (Å²) >= 11 is 3.27. The summed E-state index contributed by atoms with van der Waals surface area (Å²) in [5.74, 6) is -0.196. The lowest BCUT2D eigenvalue weighted by molar-refractivity contribution is 0.533. The average molecular weight is 309 g/mol. The number of pyridine rings is 1. The van der Waals surface area contributed by atoms with Gasteiger partial charge in [0.25, 0.3) is 0 Å². The largest absolute Gasteiger partial charge is 0.313 e. The first-order valence-electron chi connectivity index (χ1n) is 5.72. The minimum Gasteiger partial charge on any atom is -0.313 e. The fourth-order valence-electron chi connectivity index (χ4n) is 1.91. The topological polar surface area (TPSA) is 24.9 Å². The first-order valence-corrected chi connectivity index (χ1v) is 6.51. The third-order valence-electron chi connectivity index (χ3n) is 2.88. The summed E-state index contributed by atoms with van der Waals surface area (Å²) in [6.07, 6.45) is 4.23. The smallest absolute Gasteiger partial charge is 0.129 e. The van der Waals surface area contributed by atoms with E-state index in [0.29, 0.717) is 5.56 Å². The first kappa shape index (κ1) is 13.2. The molecular formula is C14H14BrFN2. The van der Waals surface area contributed by atoms with Gasteiger partial charge < -0.3 is 5.32 Å². The zero-order chi connectivity index (χ0) is 13.0. The molecule has 0 saturated heterocycles. The summed E-state index contributed by atoms with van der Waals surface area (Å²) in [6.45, 7) is 0. The van der Waals surface area contributed by atoms with E-state index in [1.807, 2.05) is 31.3 Å². The Bertz CT molecular complexity index is 516. The van der Waals surface area contributed by atoms with E-state index in [0.717, 1.165) is 16.5 Å². The van der Waals surface area contributed by atoms with Crippen molar-refractivity contribution >= 4 is 15.9 Å². The highest BCUT2D eigenvalue weighted by Crippen LogP contribution is 2.23. The van der Waals surface area contributed by atoms with Gasteiger partial charge in [-0.1, -0.05) is 22.0 Å². The van der Waals surface area contributed by atoms with Gasteiger partial charge in [0.2, 0.25) is 0 Å². The molecule has 94 valence electrons. The average Bonchev–Trinajstić information content (AvgIpc) is 2.38. The monoisotopic (exact) mass is 308 g/mol. The van der Waals surface area contributed by atoms with Crippen LogP contribution in [0.1, 0.15) is 17.2 Å². The molecule has 0 radical (unpaired) electrons. The number of halogens is 2. The van der Waals surface area contributed by atoms with Crippen LogP contribution < -0.4 is 5.32 Å². The molecule has 1 aromatic carbocycles. The number of benzene rings is 1. The van der Waals surface area contributed by atoms with Crippen molar-refractivity contribution in [2.24, 2.45) is 0 Å². The molecule has 0 saturated carbocycles. The van der Waals surface area contributed by atoms with Gasteiger partial charge in [-0.2, -0.15) is 0 Å². The van der Waals surface area contributed by atoms with Crippen LogP contribution in [0, 0.1) is 5.82 Å². The van der Waals surface area contributed by atoms with Crippen LogP contribution in [-0.2, 0) is 6.42 Å². The van der Waals surface area contributed by atoms with Gasteiger partial charge in [-0.25, -0.2) is 4.39 Å². The van der Waals surface area contributed by atoms with Gasteiger partial charge in [-0.3, -0.25) is 4.98 Å². The number of nitrogens with zero attached hydrogens (tertiary/aromatic N) is 1. The molecular weight excluding hydrogens is 295 g/mol. The predicted octanol–water partition coefficient (Wildman–Crippen LogP) is 3.49. The molecule has 1 atom stereocenters. The van der Waals surface area contributed by atoms with Crippen molar-refractivity contribution in [1.82, 2.24) is 10.3 Å². The second kappa shape index (κ2) is 6.07. The van der Waals surface area contributed by atoms with E-state index in [1.165, 1.54) is 6.07 Å². The van der Waals surface area contributed by atoms with E-state index >= 15 is 0 Å². The van der Waals surface area contributed by atoms with Crippen molar-refractivity contribution in [3.05, 3.63) is 64.1 Å². The van der Waals surface area contributed by atoms with Gasteiger partial charge in [0, 0.05) is 28.5 Å². The highest BCUT2D eigenvalue weighted by Gasteiger charge is 2.14. The molecule has 0 bridgehead atoms. The van der Waals surface area contributed by atoms with Crippen LogP contribution in [0.15, 0.2) is 47.2 Å². The molecule has 0 amide bonds. The van der Waals surface area contributed by atoms with Crippen LogP contribution in [-0.4, -0.2) is 12.0 Å². The molecule has 18 heavy (non-hydrogen) atoms. The minimum absolute atomic E-state index is 0.0412. The van der Waals surface area contributed by atoms with Crippen LogP contribution in [0.25, 0.3) is 0 Å². The van der Waals surface area contributed by atoms with Crippen LogP contribution in [0.4, 0.5) is 4.39 Å². The Morgan fingerprint density at radius 1 is 1.28 bits per heavy atom. The zero-order valence-electron chi connectivity index (χ0n) is 10.0. The Morgan fingerprint density at radius 3 is 2.61 bits per heavy atom. The van der Waals surface area contributed by atoms with Gasteiger partial charge in [-0.15, -0.1) is 0 Å². The standard InChI is InChI=1S/C14H14BrFN2/c1-17-14(8-10-4-6-18-7-5-10)12-3-2-11(15)9-13(12)16/h2-7,9,14,17H,8H2,1H3. The molecule has 2 nitrogen and oxygen atoms in total. The molecule has 1 aromatic heterocycles. The summed E-state index contributed by atoms with van der Waals surface area (Å²) in [4.78, 5) is 3.98. The van der Waals surface area contributed by atoms with E-state index in [-0.39, 0.29) is 11.9 Å². The number of hydrogen-bond acceptors (Lipinski definition) is 2. The lowest BCUT2D eigenvalue weighted by Gasteiger charge is -2.17. The summed E-state index contributed by atoms with van der Waals surface area (Å²) in [7, 11) is 1.84. The number of likely N-dealkylation sites (N-methyl/N-ethyl adjacent to an activating group) is 1. The number of rotatable bonds is 4. The zero-order valence-corrected chi connectivity index (χ0v) is 11.6. The summed E-state index contributed by atoms with van der Waals surface area (Å²) in [6, 6.07) is 9.01. The molecule has 0 aliphatic carbocycles. The lowest BCUT2D eigenvalue weighted by atomic mass is 9.99. The van der Waals surface area contributed by atoms with Gasteiger partial charge in [0.05, 0.1) is 0 Å². The predicted molar refractivity (Wildman–Crippen MR) is 73.8 cm³/mol. The Kier molecular flexibility index (Phi) is 4.44. The van der Waals surface area contributed by atoms with Crippen molar-refractivity contribution in [1.29, 1.82) is 0 Å². The van der Waals surface area contributed by atoms with E-state index < -0.39 is 0 Å². The lowest BCUT2D eigenvalue weighted by Crippen LogP contribution is -2.20. The van der Waals surface area contributed by atoms with Crippen molar-refractivity contribution in [2.75, 3.05) is 7.05 Å².